The summed E-state index contributed by atoms with van der Waals surface area (Å²) in [6.07, 6.45) is -4.88. The summed E-state index contributed by atoms with van der Waals surface area (Å²) >= 11 is 0. The van der Waals surface area contributed by atoms with Gasteiger partial charge in [0, 0.05) is 23.5 Å². The van der Waals surface area contributed by atoms with E-state index in [1.54, 1.807) is 12.1 Å². The van der Waals surface area contributed by atoms with Crippen molar-refractivity contribution in [3.63, 3.8) is 0 Å². The lowest BCUT2D eigenvalue weighted by atomic mass is 10.1. The topological polar surface area (TPSA) is 154 Å². The van der Waals surface area contributed by atoms with Gasteiger partial charge >= 0.3 is 24.2 Å². The fourth-order valence-corrected chi connectivity index (χ4v) is 3.09. The van der Waals surface area contributed by atoms with Crippen molar-refractivity contribution < 1.29 is 47.3 Å². The second-order valence-corrected chi connectivity index (χ2v) is 7.98. The molecule has 3 aromatic carbocycles. The lowest BCUT2D eigenvalue weighted by molar-refractivity contribution is -0.192. The van der Waals surface area contributed by atoms with E-state index >= 15 is 0 Å². The molecule has 212 valence electrons. The Labute approximate surface area is 226 Å². The summed E-state index contributed by atoms with van der Waals surface area (Å²) < 4.78 is 36.8. The number of rotatable bonds is 6. The van der Waals surface area contributed by atoms with Crippen molar-refractivity contribution in [1.29, 1.82) is 0 Å². The van der Waals surface area contributed by atoms with Crippen molar-refractivity contribution >= 4 is 35.3 Å². The molecule has 40 heavy (non-hydrogen) atoms. The van der Waals surface area contributed by atoms with E-state index in [9.17, 15) is 27.6 Å². The fourth-order valence-electron chi connectivity index (χ4n) is 3.09. The number of halogens is 3. The minimum Gasteiger partial charge on any atom is -0.480 e. The minimum absolute atomic E-state index is 0.0377. The van der Waals surface area contributed by atoms with Crippen LogP contribution in [0.5, 0.6) is 0 Å². The summed E-state index contributed by atoms with van der Waals surface area (Å²) in [5.41, 5.74) is 4.26. The zero-order chi connectivity index (χ0) is 29.5. The molecule has 0 saturated carbocycles. The van der Waals surface area contributed by atoms with Crippen LogP contribution in [0.25, 0.3) is 0 Å². The second-order valence-electron chi connectivity index (χ2n) is 7.98. The highest BCUT2D eigenvalue weighted by Gasteiger charge is 2.38. The van der Waals surface area contributed by atoms with Crippen LogP contribution in [0, 0.1) is 0 Å². The van der Waals surface area contributed by atoms with Gasteiger partial charge < -0.3 is 25.6 Å². The predicted molar refractivity (Wildman–Crippen MR) is 139 cm³/mol. The Morgan fingerprint density at radius 2 is 1.50 bits per heavy atom. The number of carbonyl (C=O) groups is 4. The van der Waals surface area contributed by atoms with Gasteiger partial charge in [-0.05, 0) is 41.8 Å². The Morgan fingerprint density at radius 3 is 2.08 bits per heavy atom. The molecule has 2 amide bonds. The number of amides is 2. The van der Waals surface area contributed by atoms with Crippen LogP contribution in [0.3, 0.4) is 0 Å². The molecule has 0 atom stereocenters. The zero-order valence-corrected chi connectivity index (χ0v) is 20.9. The first-order valence-electron chi connectivity index (χ1n) is 11.7. The number of carbonyl (C=O) groups excluding carboxylic acids is 2. The van der Waals surface area contributed by atoms with E-state index in [0.717, 1.165) is 29.9 Å². The highest BCUT2D eigenvalue weighted by Crippen LogP contribution is 2.23. The summed E-state index contributed by atoms with van der Waals surface area (Å²) in [7, 11) is 0. The summed E-state index contributed by atoms with van der Waals surface area (Å²) in [5.74, 6) is -4.07. The number of hydrogen-bond acceptors (Lipinski definition) is 7. The van der Waals surface area contributed by atoms with Crippen LogP contribution < -0.4 is 16.0 Å². The van der Waals surface area contributed by atoms with Crippen molar-refractivity contribution in [1.82, 2.24) is 5.32 Å². The number of carboxylic acid groups (broad SMARTS) is 2. The Kier molecular flexibility index (Phi) is 12.0. The van der Waals surface area contributed by atoms with Crippen LogP contribution in [-0.4, -0.2) is 53.4 Å². The molecule has 0 fully saturated rings. The number of alkyl halides is 3. The molecule has 0 spiro atoms. The highest BCUT2D eigenvalue weighted by molar-refractivity contribution is 6.03. The van der Waals surface area contributed by atoms with Gasteiger partial charge in [-0.25, -0.2) is 9.59 Å². The number of carboxylic acids is 2. The van der Waals surface area contributed by atoms with Gasteiger partial charge in [0.2, 0.25) is 0 Å². The average Bonchev–Trinajstić information content (AvgIpc) is 3.40. The first-order chi connectivity index (χ1) is 19.0. The highest BCUT2D eigenvalue weighted by atomic mass is 19.4. The van der Waals surface area contributed by atoms with E-state index in [-0.39, 0.29) is 13.2 Å². The van der Waals surface area contributed by atoms with Crippen LogP contribution in [0.4, 0.5) is 29.3 Å². The van der Waals surface area contributed by atoms with Crippen molar-refractivity contribution in [2.24, 2.45) is 0 Å². The first kappa shape index (κ1) is 31.1. The van der Waals surface area contributed by atoms with E-state index in [0.29, 0.717) is 5.56 Å². The number of hydrogen-bond donors (Lipinski definition) is 5. The average molecular weight is 562 g/mol. The van der Waals surface area contributed by atoms with Gasteiger partial charge in [-0.15, -0.1) is 0 Å². The lowest BCUT2D eigenvalue weighted by Crippen LogP contribution is -2.30. The first-order valence-corrected chi connectivity index (χ1v) is 11.7. The molecule has 1 aliphatic heterocycles. The normalized spacial score (nSPS) is 11.2. The van der Waals surface area contributed by atoms with E-state index < -0.39 is 30.1 Å². The maximum atomic E-state index is 12.0. The van der Waals surface area contributed by atoms with Crippen molar-refractivity contribution in [3.8, 4) is 0 Å². The van der Waals surface area contributed by atoms with Crippen molar-refractivity contribution in [3.05, 3.63) is 95.6 Å². The molecule has 0 saturated heterocycles. The van der Waals surface area contributed by atoms with Gasteiger partial charge in [-0.1, -0.05) is 54.6 Å². The fraction of sp³-hybridized carbons (Fsp3) is 0.185. The molecular formula is C27H26F3N3O7. The van der Waals surface area contributed by atoms with Gasteiger partial charge in [0.05, 0.1) is 0 Å². The van der Waals surface area contributed by atoms with Gasteiger partial charge in [0.25, 0.3) is 5.91 Å². The third-order valence-electron chi connectivity index (χ3n) is 4.97. The van der Waals surface area contributed by atoms with Crippen molar-refractivity contribution in [2.75, 3.05) is 23.7 Å². The summed E-state index contributed by atoms with van der Waals surface area (Å²) in [5, 5.41) is 23.6. The Bertz CT molecular complexity index is 1290. The molecule has 0 radical (unpaired) electrons. The molecule has 0 bridgehead atoms. The molecule has 0 unspecified atom stereocenters. The molecule has 5 N–H and O–H groups in total. The standard InChI is InChI=1S/C17H16N2O3.C8H9NO2.C2HF3O2/c20-16(14-7-6-13-8-9-18-15(13)10-14)19-17(21)22-11-12-4-2-1-3-5-12;10-8(11)6-9-7-4-2-1-3-5-7;3-2(4,5)1(6)7/h1-7,10,18H,8-9,11H2,(H,19,20,21);1-5,9H,6H2,(H,10,11);(H,6,7). The van der Waals surface area contributed by atoms with E-state index in [1.165, 1.54) is 5.56 Å². The largest absolute Gasteiger partial charge is 0.490 e. The van der Waals surface area contributed by atoms with Gasteiger partial charge in [-0.3, -0.25) is 14.9 Å². The predicted octanol–water partition coefficient (Wildman–Crippen LogP) is 4.54. The smallest absolute Gasteiger partial charge is 0.480 e. The summed E-state index contributed by atoms with van der Waals surface area (Å²) in [6.45, 7) is 0.967. The molecule has 0 aliphatic carbocycles. The SMILES string of the molecule is O=C(NC(=O)c1ccc2c(c1)NCC2)OCc1ccccc1.O=C(O)C(F)(F)F.O=C(O)CNc1ccccc1. The van der Waals surface area contributed by atoms with E-state index in [1.807, 2.05) is 66.7 Å². The molecule has 3 aromatic rings. The van der Waals surface area contributed by atoms with E-state index in [4.69, 9.17) is 19.7 Å². The van der Waals surface area contributed by atoms with Gasteiger partial charge in [0.15, 0.2) is 0 Å². The van der Waals surface area contributed by atoms with Crippen LogP contribution >= 0.6 is 0 Å². The number of fused-ring (bicyclic) bond motifs is 1. The summed E-state index contributed by atoms with van der Waals surface area (Å²) in [6, 6.07) is 23.9. The lowest BCUT2D eigenvalue weighted by Gasteiger charge is -2.07. The minimum atomic E-state index is -5.08. The zero-order valence-electron chi connectivity index (χ0n) is 20.9. The number of alkyl carbamates (subject to hydrolysis) is 1. The molecule has 4 rings (SSSR count). The van der Waals surface area contributed by atoms with E-state index in [2.05, 4.69) is 16.0 Å². The van der Waals surface area contributed by atoms with Crippen LogP contribution in [0.2, 0.25) is 0 Å². The third-order valence-corrected chi connectivity index (χ3v) is 4.97. The third kappa shape index (κ3) is 11.5. The monoisotopic (exact) mass is 561 g/mol. The van der Waals surface area contributed by atoms with Gasteiger partial charge in [-0.2, -0.15) is 13.2 Å². The maximum absolute atomic E-state index is 12.0. The quantitative estimate of drug-likeness (QED) is 0.292. The number of anilines is 2. The Morgan fingerprint density at radius 1 is 0.900 bits per heavy atom. The molecule has 0 aromatic heterocycles. The van der Waals surface area contributed by atoms with Crippen LogP contribution in [0.15, 0.2) is 78.9 Å². The number of para-hydroxylation sites is 1. The number of ether oxygens (including phenoxy) is 1. The van der Waals surface area contributed by atoms with Crippen molar-refractivity contribution in [2.45, 2.75) is 19.2 Å². The summed E-state index contributed by atoms with van der Waals surface area (Å²) in [4.78, 5) is 42.7. The molecule has 10 nitrogen and oxygen atoms in total. The molecular weight excluding hydrogens is 535 g/mol. The Hall–Kier alpha value is -5.07. The molecule has 1 heterocycles. The van der Waals surface area contributed by atoms with Crippen LogP contribution in [-0.2, 0) is 27.4 Å². The second kappa shape index (κ2) is 15.4. The number of benzene rings is 3. The number of aliphatic carboxylic acids is 2. The molecule has 1 aliphatic rings. The van der Waals surface area contributed by atoms with Crippen LogP contribution in [0.1, 0.15) is 21.5 Å². The number of imide groups is 1. The molecule has 13 heteroatoms. The Balaban J connectivity index is 0.000000259. The maximum Gasteiger partial charge on any atom is 0.490 e. The number of nitrogens with one attached hydrogen (secondary N) is 3. The van der Waals surface area contributed by atoms with Gasteiger partial charge in [0.1, 0.15) is 13.2 Å².